The number of rotatable bonds is 7. The van der Waals surface area contributed by atoms with E-state index < -0.39 is 6.04 Å². The van der Waals surface area contributed by atoms with Crippen LogP contribution in [0.3, 0.4) is 0 Å². The molecular weight excluding hydrogens is 556 g/mol. The highest BCUT2D eigenvalue weighted by Crippen LogP contribution is 2.30. The van der Waals surface area contributed by atoms with Crippen molar-refractivity contribution in [1.29, 1.82) is 0 Å². The molecule has 0 aliphatic rings. The Labute approximate surface area is 235 Å². The lowest BCUT2D eigenvalue weighted by molar-refractivity contribution is 0.170. The van der Waals surface area contributed by atoms with Crippen molar-refractivity contribution < 1.29 is 9.21 Å². The number of amides is 2. The minimum absolute atomic E-state index is 0.190. The van der Waals surface area contributed by atoms with Gasteiger partial charge in [-0.25, -0.2) is 9.78 Å². The van der Waals surface area contributed by atoms with Gasteiger partial charge in [0.15, 0.2) is 0 Å². The van der Waals surface area contributed by atoms with E-state index >= 15 is 0 Å². The molecule has 1 unspecified atom stereocenters. The van der Waals surface area contributed by atoms with E-state index in [-0.39, 0.29) is 18.1 Å². The summed E-state index contributed by atoms with van der Waals surface area (Å²) in [6.07, 6.45) is 2.10. The number of nitrogens with one attached hydrogen (secondary N) is 1. The summed E-state index contributed by atoms with van der Waals surface area (Å²) in [7, 11) is 0. The van der Waals surface area contributed by atoms with Gasteiger partial charge < -0.3 is 14.6 Å². The molecule has 0 saturated heterocycles. The van der Waals surface area contributed by atoms with Gasteiger partial charge >= 0.3 is 6.03 Å². The van der Waals surface area contributed by atoms with E-state index in [1.807, 2.05) is 87.5 Å². The topological polar surface area (TPSA) is 80.4 Å². The van der Waals surface area contributed by atoms with Crippen molar-refractivity contribution in [2.24, 2.45) is 0 Å². The fourth-order valence-corrected chi connectivity index (χ4v) is 5.10. The highest BCUT2D eigenvalue weighted by Gasteiger charge is 2.30. The SMILES string of the molecule is CCC(c1nc2ccccc2c(=O)n1-c1ccc(Br)cc1)N(Cc1ccco1)C(=O)Nc1c(C)cccc1C. The van der Waals surface area contributed by atoms with E-state index in [0.29, 0.717) is 34.6 Å². The van der Waals surface area contributed by atoms with Gasteiger partial charge in [-0.1, -0.05) is 53.2 Å². The first kappa shape index (κ1) is 26.4. The number of anilines is 1. The van der Waals surface area contributed by atoms with E-state index in [9.17, 15) is 9.59 Å². The Bertz CT molecular complexity index is 1660. The van der Waals surface area contributed by atoms with Crippen molar-refractivity contribution in [1.82, 2.24) is 14.5 Å². The number of para-hydroxylation sites is 2. The van der Waals surface area contributed by atoms with Gasteiger partial charge in [0, 0.05) is 10.2 Å². The molecular formula is C31H29BrN4O3. The lowest BCUT2D eigenvalue weighted by atomic mass is 10.1. The first-order valence-electron chi connectivity index (χ1n) is 12.8. The number of fused-ring (bicyclic) bond motifs is 1. The Balaban J connectivity index is 1.68. The Morgan fingerprint density at radius 3 is 2.38 bits per heavy atom. The molecule has 0 saturated carbocycles. The molecule has 0 radical (unpaired) electrons. The van der Waals surface area contributed by atoms with E-state index in [2.05, 4.69) is 21.2 Å². The summed E-state index contributed by atoms with van der Waals surface area (Å²) < 4.78 is 8.16. The standard InChI is InChI=1S/C31H29BrN4O3/c1-4-27(35(19-24-11-8-18-39-24)31(38)34-28-20(2)9-7-10-21(28)3)29-33-26-13-6-5-12-25(26)30(37)36(29)23-16-14-22(32)15-17-23/h5-18,27H,4,19H2,1-3H3,(H,34,38). The Hall–Kier alpha value is -4.17. The third kappa shape index (κ3) is 5.38. The van der Waals surface area contributed by atoms with Crippen molar-refractivity contribution in [2.75, 3.05) is 5.32 Å². The van der Waals surface area contributed by atoms with Gasteiger partial charge in [-0.05, 0) is 79.9 Å². The minimum atomic E-state index is -0.541. The van der Waals surface area contributed by atoms with E-state index in [4.69, 9.17) is 9.40 Å². The molecule has 1 N–H and O–H groups in total. The normalized spacial score (nSPS) is 11.9. The van der Waals surface area contributed by atoms with E-state index in [1.54, 1.807) is 27.9 Å². The number of halogens is 1. The second-order valence-electron chi connectivity index (χ2n) is 9.43. The van der Waals surface area contributed by atoms with Crippen molar-refractivity contribution in [3.63, 3.8) is 0 Å². The van der Waals surface area contributed by atoms with Crippen LogP contribution in [-0.2, 0) is 6.54 Å². The molecule has 7 nitrogen and oxygen atoms in total. The molecule has 0 aliphatic heterocycles. The molecule has 8 heteroatoms. The molecule has 0 fully saturated rings. The summed E-state index contributed by atoms with van der Waals surface area (Å²) in [5.74, 6) is 1.11. The largest absolute Gasteiger partial charge is 0.467 e. The highest BCUT2D eigenvalue weighted by atomic mass is 79.9. The summed E-state index contributed by atoms with van der Waals surface area (Å²) in [6.45, 7) is 6.12. The average Bonchev–Trinajstić information content (AvgIpc) is 3.45. The van der Waals surface area contributed by atoms with Crippen molar-refractivity contribution in [2.45, 2.75) is 39.8 Å². The lowest BCUT2D eigenvalue weighted by Crippen LogP contribution is -2.40. The molecule has 0 spiro atoms. The fourth-order valence-electron chi connectivity index (χ4n) is 4.84. The molecule has 0 aliphatic carbocycles. The summed E-state index contributed by atoms with van der Waals surface area (Å²) in [6, 6.07) is 23.5. The average molecular weight is 586 g/mol. The molecule has 39 heavy (non-hydrogen) atoms. The summed E-state index contributed by atoms with van der Waals surface area (Å²) in [5, 5.41) is 3.63. The first-order chi connectivity index (χ1) is 18.9. The molecule has 3 aromatic carbocycles. The van der Waals surface area contributed by atoms with Crippen LogP contribution in [0.4, 0.5) is 10.5 Å². The molecule has 2 amide bonds. The number of urea groups is 1. The van der Waals surface area contributed by atoms with Crippen LogP contribution >= 0.6 is 15.9 Å². The van der Waals surface area contributed by atoms with Crippen LogP contribution in [0.15, 0.2) is 98.8 Å². The fraction of sp³-hybridized carbons (Fsp3) is 0.194. The smallest absolute Gasteiger partial charge is 0.322 e. The number of furan rings is 1. The van der Waals surface area contributed by atoms with E-state index in [0.717, 1.165) is 21.3 Å². The highest BCUT2D eigenvalue weighted by molar-refractivity contribution is 9.10. The number of carbonyl (C=O) groups excluding carboxylic acids is 1. The maximum atomic E-state index is 14.0. The lowest BCUT2D eigenvalue weighted by Gasteiger charge is -2.32. The Morgan fingerprint density at radius 1 is 1.00 bits per heavy atom. The molecule has 5 aromatic rings. The Morgan fingerprint density at radius 2 is 1.72 bits per heavy atom. The zero-order valence-corrected chi connectivity index (χ0v) is 23.6. The number of benzene rings is 3. The van der Waals surface area contributed by atoms with Crippen molar-refractivity contribution >= 4 is 38.6 Å². The number of hydrogen-bond donors (Lipinski definition) is 1. The molecule has 2 aromatic heterocycles. The van der Waals surface area contributed by atoms with Crippen LogP contribution in [0.1, 0.15) is 42.1 Å². The van der Waals surface area contributed by atoms with Gasteiger partial charge in [0.2, 0.25) is 0 Å². The van der Waals surface area contributed by atoms with Crippen LogP contribution in [0.5, 0.6) is 0 Å². The number of hydrogen-bond acceptors (Lipinski definition) is 4. The summed E-state index contributed by atoms with van der Waals surface area (Å²) >= 11 is 3.48. The second-order valence-corrected chi connectivity index (χ2v) is 10.3. The van der Waals surface area contributed by atoms with Crippen LogP contribution in [0, 0.1) is 13.8 Å². The molecule has 1 atom stereocenters. The Kier molecular flexibility index (Phi) is 7.65. The quantitative estimate of drug-likeness (QED) is 0.214. The third-order valence-corrected chi connectivity index (χ3v) is 7.36. The zero-order chi connectivity index (χ0) is 27.5. The maximum Gasteiger partial charge on any atom is 0.322 e. The van der Waals surface area contributed by atoms with Gasteiger partial charge in [0.1, 0.15) is 11.6 Å². The molecule has 5 rings (SSSR count). The zero-order valence-electron chi connectivity index (χ0n) is 22.0. The molecule has 2 heterocycles. The number of carbonyl (C=O) groups is 1. The molecule has 0 bridgehead atoms. The number of aryl methyl sites for hydroxylation is 2. The van der Waals surface area contributed by atoms with Gasteiger partial charge in [0.25, 0.3) is 5.56 Å². The minimum Gasteiger partial charge on any atom is -0.467 e. The molecule has 198 valence electrons. The predicted octanol–water partition coefficient (Wildman–Crippen LogP) is 7.54. The van der Waals surface area contributed by atoms with Crippen molar-refractivity contribution in [3.05, 3.63) is 123 Å². The van der Waals surface area contributed by atoms with Gasteiger partial charge in [-0.3, -0.25) is 9.36 Å². The van der Waals surface area contributed by atoms with Crippen molar-refractivity contribution in [3.8, 4) is 5.69 Å². The van der Waals surface area contributed by atoms with Crippen LogP contribution in [0.25, 0.3) is 16.6 Å². The summed E-state index contributed by atoms with van der Waals surface area (Å²) in [4.78, 5) is 34.6. The van der Waals surface area contributed by atoms with Crippen LogP contribution in [0.2, 0.25) is 0 Å². The number of nitrogens with zero attached hydrogens (tertiary/aromatic N) is 3. The monoisotopic (exact) mass is 584 g/mol. The maximum absolute atomic E-state index is 14.0. The predicted molar refractivity (Wildman–Crippen MR) is 157 cm³/mol. The van der Waals surface area contributed by atoms with Crippen LogP contribution < -0.4 is 10.9 Å². The number of aromatic nitrogens is 2. The first-order valence-corrected chi connectivity index (χ1v) is 13.6. The second kappa shape index (κ2) is 11.3. The third-order valence-electron chi connectivity index (χ3n) is 6.83. The van der Waals surface area contributed by atoms with Gasteiger partial charge in [-0.2, -0.15) is 0 Å². The van der Waals surface area contributed by atoms with Gasteiger partial charge in [0.05, 0.1) is 35.4 Å². The van der Waals surface area contributed by atoms with E-state index in [1.165, 1.54) is 0 Å². The van der Waals surface area contributed by atoms with Gasteiger partial charge in [-0.15, -0.1) is 0 Å². The van der Waals surface area contributed by atoms with Crippen LogP contribution in [-0.4, -0.2) is 20.5 Å². The summed E-state index contributed by atoms with van der Waals surface area (Å²) in [5.41, 5.74) is 3.75.